The van der Waals surface area contributed by atoms with Crippen molar-refractivity contribution >= 4 is 17.7 Å². The van der Waals surface area contributed by atoms with Crippen molar-refractivity contribution in [1.82, 2.24) is 14.9 Å². The zero-order chi connectivity index (χ0) is 15.1. The van der Waals surface area contributed by atoms with E-state index in [2.05, 4.69) is 15.0 Å². The number of hydrogen-bond acceptors (Lipinski definition) is 5. The molecule has 0 spiro atoms. The van der Waals surface area contributed by atoms with Crippen LogP contribution in [0.25, 0.3) is 0 Å². The van der Waals surface area contributed by atoms with Crippen LogP contribution in [0.15, 0.2) is 0 Å². The van der Waals surface area contributed by atoms with Crippen molar-refractivity contribution in [2.45, 2.75) is 39.7 Å². The molecule has 7 heteroatoms. The molecule has 1 rings (SSSR count). The number of nitrogens with two attached hydrogens (primary N) is 1. The summed E-state index contributed by atoms with van der Waals surface area (Å²) in [4.78, 5) is 27.3. The van der Waals surface area contributed by atoms with Crippen LogP contribution in [-0.2, 0) is 22.5 Å². The van der Waals surface area contributed by atoms with E-state index in [1.54, 1.807) is 4.57 Å². The van der Waals surface area contributed by atoms with Crippen LogP contribution in [0, 0.1) is 0 Å². The van der Waals surface area contributed by atoms with Gasteiger partial charge in [0.2, 0.25) is 5.91 Å². The molecule has 112 valence electrons. The summed E-state index contributed by atoms with van der Waals surface area (Å²) in [6.07, 6.45) is 1.82. The van der Waals surface area contributed by atoms with Gasteiger partial charge in [0.05, 0.1) is 7.11 Å². The SMILES string of the molecule is CCCNC(=O)CCn1c(CC)nc(C(=O)OC)c1N. The lowest BCUT2D eigenvalue weighted by molar-refractivity contribution is -0.121. The molecule has 1 heterocycles. The van der Waals surface area contributed by atoms with Crippen LogP contribution in [0.2, 0.25) is 0 Å². The molecule has 20 heavy (non-hydrogen) atoms. The third kappa shape index (κ3) is 3.72. The Labute approximate surface area is 118 Å². The lowest BCUT2D eigenvalue weighted by Crippen LogP contribution is -2.25. The number of imidazole rings is 1. The van der Waals surface area contributed by atoms with Gasteiger partial charge in [0.1, 0.15) is 11.6 Å². The van der Waals surface area contributed by atoms with Crippen LogP contribution in [-0.4, -0.2) is 35.1 Å². The maximum Gasteiger partial charge on any atom is 0.360 e. The van der Waals surface area contributed by atoms with E-state index in [4.69, 9.17) is 5.73 Å². The summed E-state index contributed by atoms with van der Waals surface area (Å²) in [5, 5.41) is 2.80. The number of nitrogens with zero attached hydrogens (tertiary/aromatic N) is 2. The van der Waals surface area contributed by atoms with Gasteiger partial charge in [0, 0.05) is 25.9 Å². The molecule has 0 saturated heterocycles. The number of aryl methyl sites for hydroxylation is 1. The van der Waals surface area contributed by atoms with Gasteiger partial charge >= 0.3 is 5.97 Å². The van der Waals surface area contributed by atoms with Gasteiger partial charge in [-0.15, -0.1) is 0 Å². The molecule has 1 aromatic rings. The summed E-state index contributed by atoms with van der Waals surface area (Å²) < 4.78 is 6.33. The van der Waals surface area contributed by atoms with Crippen molar-refractivity contribution in [3.63, 3.8) is 0 Å². The van der Waals surface area contributed by atoms with Crippen LogP contribution in [0.1, 0.15) is 43.0 Å². The molecule has 0 aliphatic rings. The monoisotopic (exact) mass is 282 g/mol. The molecule has 0 radical (unpaired) electrons. The van der Waals surface area contributed by atoms with E-state index in [9.17, 15) is 9.59 Å². The maximum absolute atomic E-state index is 11.6. The topological polar surface area (TPSA) is 99.2 Å². The van der Waals surface area contributed by atoms with Gasteiger partial charge in [-0.1, -0.05) is 13.8 Å². The Hall–Kier alpha value is -2.05. The number of hydrogen-bond donors (Lipinski definition) is 2. The average molecular weight is 282 g/mol. The van der Waals surface area contributed by atoms with Crippen molar-refractivity contribution in [2.24, 2.45) is 0 Å². The second-order valence-corrected chi connectivity index (χ2v) is 4.36. The minimum atomic E-state index is -0.564. The Morgan fingerprint density at radius 1 is 1.40 bits per heavy atom. The second kappa shape index (κ2) is 7.52. The number of carbonyl (C=O) groups excluding carboxylic acids is 2. The first kappa shape index (κ1) is 16.0. The van der Waals surface area contributed by atoms with Gasteiger partial charge in [-0.25, -0.2) is 9.78 Å². The maximum atomic E-state index is 11.6. The van der Waals surface area contributed by atoms with Gasteiger partial charge in [0.25, 0.3) is 0 Å². The van der Waals surface area contributed by atoms with Crippen molar-refractivity contribution in [3.8, 4) is 0 Å². The van der Waals surface area contributed by atoms with Crippen molar-refractivity contribution in [1.29, 1.82) is 0 Å². The summed E-state index contributed by atoms with van der Waals surface area (Å²) in [6, 6.07) is 0. The highest BCUT2D eigenvalue weighted by Crippen LogP contribution is 2.16. The molecular formula is C13H22N4O3. The highest BCUT2D eigenvalue weighted by atomic mass is 16.5. The Bertz CT molecular complexity index is 482. The first-order valence-corrected chi connectivity index (χ1v) is 6.74. The fourth-order valence-electron chi connectivity index (χ4n) is 1.85. The van der Waals surface area contributed by atoms with Crippen LogP contribution < -0.4 is 11.1 Å². The van der Waals surface area contributed by atoms with Gasteiger partial charge in [-0.3, -0.25) is 4.79 Å². The molecule has 0 aromatic carbocycles. The van der Waals surface area contributed by atoms with Crippen LogP contribution in [0.3, 0.4) is 0 Å². The number of nitrogen functional groups attached to an aromatic ring is 1. The Balaban J connectivity index is 2.81. The normalized spacial score (nSPS) is 10.3. The number of rotatable bonds is 7. The Kier molecular flexibility index (Phi) is 6.02. The third-order valence-electron chi connectivity index (χ3n) is 2.92. The predicted molar refractivity (Wildman–Crippen MR) is 75.3 cm³/mol. The van der Waals surface area contributed by atoms with Crippen LogP contribution >= 0.6 is 0 Å². The molecule has 0 bridgehead atoms. The summed E-state index contributed by atoms with van der Waals surface area (Å²) >= 11 is 0. The fourth-order valence-corrected chi connectivity index (χ4v) is 1.85. The Morgan fingerprint density at radius 2 is 2.10 bits per heavy atom. The van der Waals surface area contributed by atoms with Gasteiger partial charge in [-0.05, 0) is 6.42 Å². The molecule has 7 nitrogen and oxygen atoms in total. The number of nitrogens with one attached hydrogen (secondary N) is 1. The quantitative estimate of drug-likeness (QED) is 0.718. The smallest absolute Gasteiger partial charge is 0.360 e. The van der Waals surface area contributed by atoms with E-state index in [1.807, 2.05) is 13.8 Å². The van der Waals surface area contributed by atoms with Crippen molar-refractivity contribution in [2.75, 3.05) is 19.4 Å². The number of ether oxygens (including phenoxy) is 1. The lowest BCUT2D eigenvalue weighted by Gasteiger charge is -2.09. The van der Waals surface area contributed by atoms with Crippen LogP contribution in [0.5, 0.6) is 0 Å². The second-order valence-electron chi connectivity index (χ2n) is 4.36. The summed E-state index contributed by atoms with van der Waals surface area (Å²) in [5.74, 6) is 0.316. The number of anilines is 1. The first-order valence-electron chi connectivity index (χ1n) is 6.74. The van der Waals surface area contributed by atoms with E-state index in [0.717, 1.165) is 6.42 Å². The summed E-state index contributed by atoms with van der Waals surface area (Å²) in [6.45, 7) is 4.96. The highest BCUT2D eigenvalue weighted by Gasteiger charge is 2.20. The molecule has 1 amide bonds. The molecule has 0 fully saturated rings. The summed E-state index contributed by atoms with van der Waals surface area (Å²) in [5.41, 5.74) is 6.02. The van der Waals surface area contributed by atoms with E-state index >= 15 is 0 Å². The van der Waals surface area contributed by atoms with Gasteiger partial charge in [-0.2, -0.15) is 0 Å². The number of aromatic nitrogens is 2. The average Bonchev–Trinajstić information content (AvgIpc) is 2.78. The zero-order valence-corrected chi connectivity index (χ0v) is 12.2. The molecule has 1 aromatic heterocycles. The highest BCUT2D eigenvalue weighted by molar-refractivity contribution is 5.92. The molecular weight excluding hydrogens is 260 g/mol. The minimum absolute atomic E-state index is 0.0402. The molecule has 0 unspecified atom stereocenters. The fraction of sp³-hybridized carbons (Fsp3) is 0.615. The number of amides is 1. The van der Waals surface area contributed by atoms with Gasteiger partial charge in [0.15, 0.2) is 5.69 Å². The molecule has 0 saturated carbocycles. The van der Waals surface area contributed by atoms with Crippen molar-refractivity contribution < 1.29 is 14.3 Å². The lowest BCUT2D eigenvalue weighted by atomic mass is 10.3. The van der Waals surface area contributed by atoms with Crippen LogP contribution in [0.4, 0.5) is 5.82 Å². The third-order valence-corrected chi connectivity index (χ3v) is 2.92. The molecule has 0 atom stereocenters. The number of esters is 1. The Morgan fingerprint density at radius 3 is 2.65 bits per heavy atom. The molecule has 3 N–H and O–H groups in total. The van der Waals surface area contributed by atoms with E-state index < -0.39 is 5.97 Å². The zero-order valence-electron chi connectivity index (χ0n) is 12.2. The minimum Gasteiger partial charge on any atom is -0.464 e. The van der Waals surface area contributed by atoms with E-state index in [-0.39, 0.29) is 17.4 Å². The van der Waals surface area contributed by atoms with Crippen molar-refractivity contribution in [3.05, 3.63) is 11.5 Å². The van der Waals surface area contributed by atoms with E-state index in [1.165, 1.54) is 7.11 Å². The largest absolute Gasteiger partial charge is 0.464 e. The first-order chi connectivity index (χ1) is 9.54. The molecule has 0 aliphatic carbocycles. The number of methoxy groups -OCH3 is 1. The summed E-state index contributed by atoms with van der Waals surface area (Å²) in [7, 11) is 1.28. The standard InChI is InChI=1S/C13H22N4O3/c1-4-7-15-10(18)6-8-17-9(5-2)16-11(12(17)14)13(19)20-3/h4-8,14H2,1-3H3,(H,15,18). The predicted octanol–water partition coefficient (Wildman–Crippen LogP) is 0.731. The van der Waals surface area contributed by atoms with Gasteiger partial charge < -0.3 is 20.4 Å². The van der Waals surface area contributed by atoms with E-state index in [0.29, 0.717) is 31.8 Å². The molecule has 0 aliphatic heterocycles. The number of carbonyl (C=O) groups is 2.